The van der Waals surface area contributed by atoms with Crippen LogP contribution in [0.4, 0.5) is 5.69 Å². The van der Waals surface area contributed by atoms with Gasteiger partial charge in [-0.15, -0.1) is 0 Å². The third kappa shape index (κ3) is 0.644. The maximum atomic E-state index is 3.45. The Bertz CT molecular complexity index is 343. The second-order valence-corrected chi connectivity index (χ2v) is 3.26. The van der Waals surface area contributed by atoms with E-state index in [1.165, 1.54) is 11.3 Å². The fourth-order valence-electron chi connectivity index (χ4n) is 1.97. The Balaban J connectivity index is 2.12. The Morgan fingerprint density at radius 2 is 2.08 bits per heavy atom. The third-order valence-electron chi connectivity index (χ3n) is 2.56. The third-order valence-corrected chi connectivity index (χ3v) is 2.56. The lowest BCUT2D eigenvalue weighted by Crippen LogP contribution is -2.20. The van der Waals surface area contributed by atoms with Crippen LogP contribution < -0.4 is 10.6 Å². The van der Waals surface area contributed by atoms with Gasteiger partial charge in [-0.2, -0.15) is 0 Å². The van der Waals surface area contributed by atoms with Crippen molar-refractivity contribution in [2.75, 3.05) is 5.32 Å². The van der Waals surface area contributed by atoms with E-state index in [2.05, 4.69) is 41.0 Å². The van der Waals surface area contributed by atoms with Crippen molar-refractivity contribution in [1.82, 2.24) is 5.32 Å². The van der Waals surface area contributed by atoms with Gasteiger partial charge in [0.25, 0.3) is 0 Å². The first-order valence-electron chi connectivity index (χ1n) is 4.23. The van der Waals surface area contributed by atoms with Crippen LogP contribution in [0.5, 0.6) is 0 Å². The van der Waals surface area contributed by atoms with Crippen LogP contribution in [-0.2, 0) is 0 Å². The summed E-state index contributed by atoms with van der Waals surface area (Å²) in [5.74, 6) is 0. The molecule has 60 valence electrons. The number of fused-ring (bicyclic) bond motifs is 3. The van der Waals surface area contributed by atoms with Crippen molar-refractivity contribution >= 4 is 5.69 Å². The quantitative estimate of drug-likeness (QED) is 0.599. The van der Waals surface area contributed by atoms with Gasteiger partial charge in [-0.1, -0.05) is 18.2 Å². The summed E-state index contributed by atoms with van der Waals surface area (Å²) in [4.78, 5) is 0. The van der Waals surface area contributed by atoms with Gasteiger partial charge in [0.15, 0.2) is 0 Å². The highest BCUT2D eigenvalue weighted by atomic mass is 15.1. The van der Waals surface area contributed by atoms with E-state index in [9.17, 15) is 0 Å². The molecule has 0 aromatic heterocycles. The zero-order valence-corrected chi connectivity index (χ0v) is 6.62. The molecule has 2 unspecified atom stereocenters. The summed E-state index contributed by atoms with van der Waals surface area (Å²) in [7, 11) is 0. The molecule has 2 heterocycles. The van der Waals surface area contributed by atoms with Gasteiger partial charge in [-0.3, -0.25) is 0 Å². The summed E-state index contributed by atoms with van der Waals surface area (Å²) < 4.78 is 0. The topological polar surface area (TPSA) is 24.1 Å². The Labute approximate surface area is 71.3 Å². The van der Waals surface area contributed by atoms with E-state index < -0.39 is 0 Å². The van der Waals surface area contributed by atoms with Gasteiger partial charge in [0.1, 0.15) is 0 Å². The fourth-order valence-corrected chi connectivity index (χ4v) is 1.97. The molecule has 0 bridgehead atoms. The monoisotopic (exact) mass is 158 g/mol. The van der Waals surface area contributed by atoms with Crippen LogP contribution >= 0.6 is 0 Å². The molecule has 2 aliphatic heterocycles. The molecule has 0 amide bonds. The average Bonchev–Trinajstić information content (AvgIpc) is 2.62. The van der Waals surface area contributed by atoms with E-state index in [-0.39, 0.29) is 0 Å². The van der Waals surface area contributed by atoms with Gasteiger partial charge in [0.05, 0.1) is 12.1 Å². The molecular weight excluding hydrogens is 148 g/mol. The van der Waals surface area contributed by atoms with Crippen molar-refractivity contribution in [3.05, 3.63) is 42.1 Å². The molecule has 2 aliphatic rings. The summed E-state index contributed by atoms with van der Waals surface area (Å²) >= 11 is 0. The van der Waals surface area contributed by atoms with Crippen LogP contribution in [0.3, 0.4) is 0 Å². The molecule has 0 spiro atoms. The molecule has 2 nitrogen and oxygen atoms in total. The molecule has 0 aliphatic carbocycles. The molecule has 12 heavy (non-hydrogen) atoms. The number of nitrogens with one attached hydrogen (secondary N) is 2. The van der Waals surface area contributed by atoms with Crippen LogP contribution in [0.25, 0.3) is 0 Å². The molecule has 0 saturated carbocycles. The number of para-hydroxylation sites is 1. The second-order valence-electron chi connectivity index (χ2n) is 3.26. The summed E-state index contributed by atoms with van der Waals surface area (Å²) in [6.07, 6.45) is 4.20. The smallest absolute Gasteiger partial charge is 0.0766 e. The minimum Gasteiger partial charge on any atom is -0.382 e. The van der Waals surface area contributed by atoms with Crippen LogP contribution in [0, 0.1) is 0 Å². The van der Waals surface area contributed by atoms with Crippen molar-refractivity contribution in [2.24, 2.45) is 0 Å². The number of rotatable bonds is 0. The van der Waals surface area contributed by atoms with E-state index >= 15 is 0 Å². The van der Waals surface area contributed by atoms with Gasteiger partial charge >= 0.3 is 0 Å². The first-order valence-corrected chi connectivity index (χ1v) is 4.23. The Kier molecular flexibility index (Phi) is 1.04. The summed E-state index contributed by atoms with van der Waals surface area (Å²) in [5, 5.41) is 6.78. The molecule has 1 aromatic carbocycles. The molecule has 2 heteroatoms. The lowest BCUT2D eigenvalue weighted by atomic mass is 10.1. The number of hydrogen-bond donors (Lipinski definition) is 2. The molecular formula is C10H10N2. The molecule has 0 saturated heterocycles. The van der Waals surface area contributed by atoms with Crippen LogP contribution in [-0.4, -0.2) is 6.04 Å². The van der Waals surface area contributed by atoms with Crippen LogP contribution in [0.1, 0.15) is 11.6 Å². The lowest BCUT2D eigenvalue weighted by Gasteiger charge is -2.09. The molecule has 2 atom stereocenters. The number of hydrogen-bond acceptors (Lipinski definition) is 2. The van der Waals surface area contributed by atoms with Crippen molar-refractivity contribution in [1.29, 1.82) is 0 Å². The van der Waals surface area contributed by atoms with E-state index in [0.29, 0.717) is 12.1 Å². The zero-order valence-electron chi connectivity index (χ0n) is 6.62. The highest BCUT2D eigenvalue weighted by Crippen LogP contribution is 2.36. The van der Waals surface area contributed by atoms with Crippen LogP contribution in [0.2, 0.25) is 0 Å². The summed E-state index contributed by atoms with van der Waals surface area (Å²) in [6.45, 7) is 0. The Hall–Kier alpha value is -1.44. The largest absolute Gasteiger partial charge is 0.382 e. The van der Waals surface area contributed by atoms with E-state index in [1.54, 1.807) is 0 Å². The Morgan fingerprint density at radius 1 is 1.17 bits per heavy atom. The number of anilines is 1. The van der Waals surface area contributed by atoms with Crippen molar-refractivity contribution in [3.63, 3.8) is 0 Å². The molecule has 0 fully saturated rings. The molecule has 3 rings (SSSR count). The maximum absolute atomic E-state index is 3.45. The molecule has 0 radical (unpaired) electrons. The molecule has 1 aromatic rings. The minimum absolute atomic E-state index is 0.459. The summed E-state index contributed by atoms with van der Waals surface area (Å²) in [5.41, 5.74) is 2.65. The zero-order chi connectivity index (χ0) is 7.97. The van der Waals surface area contributed by atoms with Gasteiger partial charge < -0.3 is 10.6 Å². The van der Waals surface area contributed by atoms with Crippen molar-refractivity contribution < 1.29 is 0 Å². The normalized spacial score (nSPS) is 29.0. The maximum Gasteiger partial charge on any atom is 0.0766 e. The molecule has 2 N–H and O–H groups in total. The van der Waals surface area contributed by atoms with E-state index in [0.717, 1.165) is 0 Å². The average molecular weight is 158 g/mol. The van der Waals surface area contributed by atoms with Gasteiger partial charge in [-0.05, 0) is 23.9 Å². The van der Waals surface area contributed by atoms with Crippen molar-refractivity contribution in [3.8, 4) is 0 Å². The van der Waals surface area contributed by atoms with Gasteiger partial charge in [0.2, 0.25) is 0 Å². The highest BCUT2D eigenvalue weighted by Gasteiger charge is 2.31. The Morgan fingerprint density at radius 3 is 3.08 bits per heavy atom. The summed E-state index contributed by atoms with van der Waals surface area (Å²) in [6, 6.07) is 9.37. The highest BCUT2D eigenvalue weighted by molar-refractivity contribution is 5.61. The predicted molar refractivity (Wildman–Crippen MR) is 48.9 cm³/mol. The van der Waals surface area contributed by atoms with Gasteiger partial charge in [-0.25, -0.2) is 0 Å². The van der Waals surface area contributed by atoms with E-state index in [4.69, 9.17) is 0 Å². The predicted octanol–water partition coefficient (Wildman–Crippen LogP) is 1.64. The second kappa shape index (κ2) is 2.03. The first-order chi connectivity index (χ1) is 5.95. The standard InChI is InChI=1S/C10H10N2/c1-2-4-8-7(3-1)10-9(12-8)5-6-11-10/h1-6,9-12H. The minimum atomic E-state index is 0.459. The lowest BCUT2D eigenvalue weighted by molar-refractivity contribution is 0.656. The van der Waals surface area contributed by atoms with Gasteiger partial charge in [0, 0.05) is 5.69 Å². The van der Waals surface area contributed by atoms with E-state index in [1.807, 2.05) is 6.20 Å². The SMILES string of the molecule is C1=CC2Nc3ccccc3C2N1. The fraction of sp³-hybridized carbons (Fsp3) is 0.200. The van der Waals surface area contributed by atoms with Crippen LogP contribution in [0.15, 0.2) is 36.5 Å². The van der Waals surface area contributed by atoms with Crippen molar-refractivity contribution in [2.45, 2.75) is 12.1 Å². The first kappa shape index (κ1) is 6.12. The number of benzene rings is 1.